The van der Waals surface area contributed by atoms with E-state index in [1.54, 1.807) is 73.2 Å². The summed E-state index contributed by atoms with van der Waals surface area (Å²) in [7, 11) is 0. The SMILES string of the molecule is C.C.CCN(CC)c1ncc(N(CC)C(C)=O)c(N[C@@H](Cc2ccc(OC(=O)N3CCCC3)cc2)C(=O)O)n1.CCN(CC)c1ncc(NC(C)=O)c(N[C@@H](Cc2ccc(OC(=O)N3CCCC3)cc2)C(=O)OC(C)(C)C)n1. The minimum absolute atomic E-state index is 0. The first-order valence-corrected chi connectivity index (χ1v) is 26.2. The number of hydrogen-bond acceptors (Lipinski definition) is 17. The van der Waals surface area contributed by atoms with Crippen LogP contribution in [0.5, 0.6) is 11.5 Å². The minimum Gasteiger partial charge on any atom is -0.480 e. The molecular weight excluding hydrogens is 1000 g/mol. The first kappa shape index (κ1) is 64.5. The molecule has 0 radical (unpaired) electrons. The fourth-order valence-corrected chi connectivity index (χ4v) is 8.40. The monoisotopic (exact) mass is 1080 g/mol. The summed E-state index contributed by atoms with van der Waals surface area (Å²) in [5, 5.41) is 18.9. The number of benzene rings is 2. The van der Waals surface area contributed by atoms with Crippen LogP contribution in [0.4, 0.5) is 44.5 Å². The number of nitrogens with one attached hydrogen (secondary N) is 3. The molecule has 4 amide bonds. The van der Waals surface area contributed by atoms with Crippen molar-refractivity contribution in [2.45, 2.75) is 140 Å². The molecule has 0 unspecified atom stereocenters. The molecule has 2 aromatic heterocycles. The van der Waals surface area contributed by atoms with Crippen LogP contribution in [0.2, 0.25) is 0 Å². The molecule has 22 heteroatoms. The van der Waals surface area contributed by atoms with Gasteiger partial charge in [-0.3, -0.25) is 9.59 Å². The van der Waals surface area contributed by atoms with E-state index >= 15 is 0 Å². The predicted molar refractivity (Wildman–Crippen MR) is 305 cm³/mol. The molecule has 2 fully saturated rings. The minimum atomic E-state index is -1.07. The number of carboxylic acid groups (broad SMARTS) is 1. The Bertz CT molecular complexity index is 2580. The van der Waals surface area contributed by atoms with Gasteiger partial charge in [-0.05, 0) is 116 Å². The first-order chi connectivity index (χ1) is 36.2. The second-order valence-electron chi connectivity index (χ2n) is 19.2. The molecule has 2 atom stereocenters. The van der Waals surface area contributed by atoms with Gasteiger partial charge in [0.05, 0.1) is 12.4 Å². The molecule has 4 N–H and O–H groups in total. The van der Waals surface area contributed by atoms with Gasteiger partial charge < -0.3 is 59.8 Å². The van der Waals surface area contributed by atoms with Gasteiger partial charge in [0, 0.05) is 85.6 Å². The Hall–Kier alpha value is -7.78. The number of anilines is 6. The van der Waals surface area contributed by atoms with E-state index in [1.807, 2.05) is 56.6 Å². The van der Waals surface area contributed by atoms with Crippen molar-refractivity contribution in [1.82, 2.24) is 29.7 Å². The zero-order chi connectivity index (χ0) is 55.5. The van der Waals surface area contributed by atoms with E-state index in [2.05, 4.69) is 35.9 Å². The van der Waals surface area contributed by atoms with E-state index in [9.17, 15) is 33.9 Å². The lowest BCUT2D eigenvalue weighted by Gasteiger charge is -2.26. The number of ether oxygens (including phenoxy) is 3. The zero-order valence-corrected chi connectivity index (χ0v) is 45.7. The van der Waals surface area contributed by atoms with Crippen molar-refractivity contribution in [3.05, 3.63) is 72.1 Å². The number of esters is 1. The van der Waals surface area contributed by atoms with Gasteiger partial charge in [0.2, 0.25) is 23.7 Å². The van der Waals surface area contributed by atoms with Crippen LogP contribution in [0, 0.1) is 0 Å². The molecule has 0 aliphatic carbocycles. The van der Waals surface area contributed by atoms with E-state index in [0.29, 0.717) is 99.5 Å². The Morgan fingerprint density at radius 2 is 1.05 bits per heavy atom. The number of rotatable bonds is 21. The molecule has 6 rings (SSSR count). The lowest BCUT2D eigenvalue weighted by atomic mass is 10.0. The summed E-state index contributed by atoms with van der Waals surface area (Å²) in [6.45, 7) is 24.0. The number of carbonyl (C=O) groups is 6. The Labute approximate surface area is 460 Å². The molecule has 0 saturated carbocycles. The third-order valence-corrected chi connectivity index (χ3v) is 12.4. The molecule has 2 aromatic carbocycles. The van der Waals surface area contributed by atoms with Gasteiger partial charge in [0.15, 0.2) is 11.6 Å². The zero-order valence-electron chi connectivity index (χ0n) is 45.7. The van der Waals surface area contributed by atoms with Crippen molar-refractivity contribution in [2.75, 3.05) is 89.6 Å². The van der Waals surface area contributed by atoms with Crippen molar-refractivity contribution in [2.24, 2.45) is 0 Å². The molecule has 78 heavy (non-hydrogen) atoms. The quantitative estimate of drug-likeness (QED) is 0.0568. The number of nitrogens with zero attached hydrogens (tertiary/aromatic N) is 9. The molecule has 2 aliphatic heterocycles. The molecule has 0 bridgehead atoms. The highest BCUT2D eigenvalue weighted by molar-refractivity contribution is 5.95. The summed E-state index contributed by atoms with van der Waals surface area (Å²) < 4.78 is 16.6. The van der Waals surface area contributed by atoms with Gasteiger partial charge in [-0.2, -0.15) is 9.97 Å². The number of carboxylic acids is 1. The van der Waals surface area contributed by atoms with Crippen LogP contribution in [0.25, 0.3) is 0 Å². The Morgan fingerprint density at radius 3 is 1.45 bits per heavy atom. The average molecular weight is 1090 g/mol. The Kier molecular flexibility index (Phi) is 25.5. The maximum absolute atomic E-state index is 13.3. The topological polar surface area (TPSA) is 254 Å². The molecule has 2 aliphatic rings. The van der Waals surface area contributed by atoms with E-state index in [0.717, 1.165) is 36.8 Å². The lowest BCUT2D eigenvalue weighted by molar-refractivity contribution is -0.155. The van der Waals surface area contributed by atoms with Crippen LogP contribution in [-0.4, -0.2) is 147 Å². The van der Waals surface area contributed by atoms with Gasteiger partial charge in [-0.25, -0.2) is 29.1 Å². The Morgan fingerprint density at radius 1 is 0.628 bits per heavy atom. The van der Waals surface area contributed by atoms with Crippen molar-refractivity contribution >= 4 is 70.8 Å². The highest BCUT2D eigenvalue weighted by atomic mass is 16.6. The molecular formula is C56H84N12O10. The number of amides is 4. The molecule has 2 saturated heterocycles. The first-order valence-electron chi connectivity index (χ1n) is 26.2. The smallest absolute Gasteiger partial charge is 0.415 e. The van der Waals surface area contributed by atoms with Crippen LogP contribution in [0.1, 0.15) is 121 Å². The van der Waals surface area contributed by atoms with E-state index in [-0.39, 0.29) is 57.5 Å². The molecule has 0 spiro atoms. The predicted octanol–water partition coefficient (Wildman–Crippen LogP) is 8.91. The van der Waals surface area contributed by atoms with Crippen molar-refractivity contribution in [3.8, 4) is 11.5 Å². The van der Waals surface area contributed by atoms with Crippen LogP contribution in [0.3, 0.4) is 0 Å². The maximum Gasteiger partial charge on any atom is 0.415 e. The van der Waals surface area contributed by atoms with E-state index in [4.69, 9.17) is 14.2 Å². The van der Waals surface area contributed by atoms with E-state index in [1.165, 1.54) is 24.9 Å². The maximum atomic E-state index is 13.3. The fourth-order valence-electron chi connectivity index (χ4n) is 8.40. The highest BCUT2D eigenvalue weighted by Crippen LogP contribution is 2.29. The number of aliphatic carboxylic acids is 1. The second kappa shape index (κ2) is 30.8. The van der Waals surface area contributed by atoms with Gasteiger partial charge >= 0.3 is 24.1 Å². The van der Waals surface area contributed by atoms with Crippen LogP contribution in [0.15, 0.2) is 60.9 Å². The van der Waals surface area contributed by atoms with Crippen LogP contribution in [-0.2, 0) is 36.8 Å². The van der Waals surface area contributed by atoms with Gasteiger partial charge in [0.25, 0.3) is 0 Å². The van der Waals surface area contributed by atoms with Gasteiger partial charge in [-0.15, -0.1) is 0 Å². The standard InChI is InChI=1S/C28H40N6O5.C26H36N6O5.2CH4/c1-7-33(8-2)26-29-18-23(30-19(3)35)24(32-26)31-22(25(36)39-28(4,5)6)17-20-11-13-21(14-12-20)38-27(37)34-15-9-10-16-34;1-5-30(6-2)25-27-17-22(32(7-3)18(4)33)23(29-25)28-21(24(34)35)16-19-10-12-20(13-11-19)37-26(36)31-14-8-9-15-31;;/h11-14,18,22H,7-10,15-17H2,1-6H3,(H,30,35)(H,29,31,32);10-13,17,21H,5-9,14-16H2,1-4H3,(H,34,35)(H,27,28,29);2*1H4/t22-;21-;;/m00../s1. The van der Waals surface area contributed by atoms with Crippen molar-refractivity contribution in [1.29, 1.82) is 0 Å². The van der Waals surface area contributed by atoms with Crippen LogP contribution < -0.4 is 40.1 Å². The summed E-state index contributed by atoms with van der Waals surface area (Å²) in [6.07, 6.45) is 6.68. The third-order valence-electron chi connectivity index (χ3n) is 12.4. The molecule has 22 nitrogen and oxygen atoms in total. The lowest BCUT2D eigenvalue weighted by Crippen LogP contribution is -2.38. The van der Waals surface area contributed by atoms with Gasteiger partial charge in [0.1, 0.15) is 40.6 Å². The fraction of sp³-hybridized carbons (Fsp3) is 0.536. The molecule has 4 aromatic rings. The number of hydrogen-bond donors (Lipinski definition) is 4. The summed E-state index contributed by atoms with van der Waals surface area (Å²) in [4.78, 5) is 101. The van der Waals surface area contributed by atoms with Gasteiger partial charge in [-0.1, -0.05) is 39.1 Å². The van der Waals surface area contributed by atoms with Crippen LogP contribution >= 0.6 is 0 Å². The molecule has 4 heterocycles. The molecule has 428 valence electrons. The summed E-state index contributed by atoms with van der Waals surface area (Å²) >= 11 is 0. The third kappa shape index (κ3) is 19.0. The Balaban J connectivity index is 0.000000401. The highest BCUT2D eigenvalue weighted by Gasteiger charge is 2.29. The van der Waals surface area contributed by atoms with Crippen molar-refractivity contribution in [3.63, 3.8) is 0 Å². The summed E-state index contributed by atoms with van der Waals surface area (Å²) in [5.41, 5.74) is 1.62. The van der Waals surface area contributed by atoms with E-state index < -0.39 is 29.6 Å². The normalized spacial score (nSPS) is 13.5. The summed E-state index contributed by atoms with van der Waals surface area (Å²) in [5.74, 6) is 0.334. The number of likely N-dealkylation sites (tertiary alicyclic amines) is 2. The largest absolute Gasteiger partial charge is 0.480 e. The number of carbonyl (C=O) groups excluding carboxylic acids is 5. The summed E-state index contributed by atoms with van der Waals surface area (Å²) in [6, 6.07) is 12.0. The van der Waals surface area contributed by atoms with Crippen molar-refractivity contribution < 1.29 is 48.1 Å². The average Bonchev–Trinajstić information content (AvgIpc) is 4.14. The second-order valence-corrected chi connectivity index (χ2v) is 19.2. The number of aromatic nitrogens is 4.